The third kappa shape index (κ3) is 8.47. The van der Waals surface area contributed by atoms with Crippen molar-refractivity contribution in [2.24, 2.45) is 0 Å². The molecule has 10 rings (SSSR count). The molecule has 2 heterocycles. The lowest BCUT2D eigenvalue weighted by Crippen LogP contribution is -2.11. The molecule has 0 saturated carbocycles. The lowest BCUT2D eigenvalue weighted by molar-refractivity contribution is -0.143. The van der Waals surface area contributed by atoms with Crippen molar-refractivity contribution in [2.75, 3.05) is 0 Å². The van der Waals surface area contributed by atoms with Crippen LogP contribution in [0.1, 0.15) is 33.4 Å². The molecule has 0 N–H and O–H groups in total. The number of aryl methyl sites for hydroxylation is 4. The summed E-state index contributed by atoms with van der Waals surface area (Å²) in [5.74, 6) is 1.01. The normalized spacial score (nSPS) is 12.0. The maximum Gasteiger partial charge on any atom is 0.416 e. The van der Waals surface area contributed by atoms with Gasteiger partial charge in [-0.05, 0) is 116 Å². The number of nitrogens with zero attached hydrogens (tertiary/aromatic N) is 4. The first-order valence-electron chi connectivity index (χ1n) is 21.6. The molecule has 0 fully saturated rings. The van der Waals surface area contributed by atoms with Crippen LogP contribution >= 0.6 is 0 Å². The minimum Gasteiger partial charge on any atom is -0.308 e. The van der Waals surface area contributed by atoms with Crippen molar-refractivity contribution in [3.05, 3.63) is 203 Å². The van der Waals surface area contributed by atoms with E-state index in [0.29, 0.717) is 22.9 Å². The fraction of sp³-hybridized carbons (Fsp3) is 0.105. The van der Waals surface area contributed by atoms with Gasteiger partial charge in [0.1, 0.15) is 0 Å². The van der Waals surface area contributed by atoms with Crippen LogP contribution in [0.5, 0.6) is 0 Å². The third-order valence-electron chi connectivity index (χ3n) is 12.0. The van der Waals surface area contributed by atoms with E-state index < -0.39 is 23.5 Å². The first-order valence-corrected chi connectivity index (χ1v) is 21.6. The standard InChI is InChI=1S/C57H40F6N4/c1-33-21-34(2)24-42(23-33)39-16-19-50-48(29-39)49-30-40(43-25-35(3)22-36(4)26-43)17-20-51(49)67(50)52-31-41(44-27-45(56(58,59)60)32-46(28-44)57(61,62)63)15-18-47(52)55-65-53(37-11-7-5-8-12-37)64-54(66-55)38-13-9-6-10-14-38/h5-32H,1-4H3. The van der Waals surface area contributed by atoms with E-state index >= 15 is 0 Å². The van der Waals surface area contributed by atoms with E-state index in [-0.39, 0.29) is 23.0 Å². The molecule has 0 spiro atoms. The number of hydrogen-bond donors (Lipinski definition) is 0. The molecule has 0 unspecified atom stereocenters. The molecule has 0 aliphatic rings. The fourth-order valence-electron chi connectivity index (χ4n) is 9.06. The molecule has 67 heavy (non-hydrogen) atoms. The maximum absolute atomic E-state index is 14.3. The van der Waals surface area contributed by atoms with Crippen LogP contribution in [-0.4, -0.2) is 19.5 Å². The van der Waals surface area contributed by atoms with E-state index in [4.69, 9.17) is 15.0 Å². The van der Waals surface area contributed by atoms with Crippen molar-refractivity contribution >= 4 is 21.8 Å². The van der Waals surface area contributed by atoms with Crippen molar-refractivity contribution in [1.82, 2.24) is 19.5 Å². The minimum absolute atomic E-state index is 0.129. The second kappa shape index (κ2) is 16.5. The van der Waals surface area contributed by atoms with Crippen molar-refractivity contribution in [3.8, 4) is 73.2 Å². The van der Waals surface area contributed by atoms with E-state index in [0.717, 1.165) is 89.6 Å². The number of fused-ring (bicyclic) bond motifs is 3. The van der Waals surface area contributed by atoms with Crippen LogP contribution < -0.4 is 0 Å². The average Bonchev–Trinajstić information content (AvgIpc) is 3.63. The lowest BCUT2D eigenvalue weighted by atomic mass is 9.97. The zero-order valence-electron chi connectivity index (χ0n) is 36.7. The van der Waals surface area contributed by atoms with Gasteiger partial charge in [0.2, 0.25) is 0 Å². The number of hydrogen-bond acceptors (Lipinski definition) is 3. The molecule has 4 nitrogen and oxygen atoms in total. The van der Waals surface area contributed by atoms with E-state index in [2.05, 4.69) is 76.2 Å². The average molecular weight is 895 g/mol. The first-order chi connectivity index (χ1) is 32.1. The summed E-state index contributed by atoms with van der Waals surface area (Å²) in [6.07, 6.45) is -10.1. The Morgan fingerprint density at radius 3 is 1.16 bits per heavy atom. The van der Waals surface area contributed by atoms with E-state index in [9.17, 15) is 26.3 Å². The molecule has 0 aliphatic heterocycles. The van der Waals surface area contributed by atoms with Gasteiger partial charge in [0, 0.05) is 27.5 Å². The van der Waals surface area contributed by atoms with Gasteiger partial charge in [-0.15, -0.1) is 0 Å². The molecule has 0 bridgehead atoms. The molecule has 0 radical (unpaired) electrons. The summed E-state index contributed by atoms with van der Waals surface area (Å²) in [6.45, 7) is 8.23. The predicted octanol–water partition coefficient (Wildman–Crippen LogP) is 16.2. The van der Waals surface area contributed by atoms with Gasteiger partial charge in [0.15, 0.2) is 17.5 Å². The molecule has 330 valence electrons. The monoisotopic (exact) mass is 894 g/mol. The van der Waals surface area contributed by atoms with Gasteiger partial charge in [-0.1, -0.05) is 138 Å². The van der Waals surface area contributed by atoms with Crippen molar-refractivity contribution in [1.29, 1.82) is 0 Å². The first kappa shape index (κ1) is 43.1. The van der Waals surface area contributed by atoms with E-state index in [1.54, 1.807) is 12.1 Å². The van der Waals surface area contributed by atoms with Gasteiger partial charge in [0.05, 0.1) is 27.8 Å². The highest BCUT2D eigenvalue weighted by Crippen LogP contribution is 2.43. The van der Waals surface area contributed by atoms with Crippen LogP contribution in [0.2, 0.25) is 0 Å². The summed E-state index contributed by atoms with van der Waals surface area (Å²) < 4.78 is 88.1. The number of alkyl halides is 6. The predicted molar refractivity (Wildman–Crippen MR) is 256 cm³/mol. The number of rotatable bonds is 7. The third-order valence-corrected chi connectivity index (χ3v) is 12.0. The second-order valence-corrected chi connectivity index (χ2v) is 17.1. The molecule has 10 heteroatoms. The van der Waals surface area contributed by atoms with Crippen LogP contribution in [0.15, 0.2) is 170 Å². The summed E-state index contributed by atoms with van der Waals surface area (Å²) in [6, 6.07) is 50.5. The van der Waals surface area contributed by atoms with Crippen molar-refractivity contribution in [3.63, 3.8) is 0 Å². The zero-order valence-corrected chi connectivity index (χ0v) is 36.7. The van der Waals surface area contributed by atoms with Gasteiger partial charge in [-0.3, -0.25) is 0 Å². The minimum atomic E-state index is -5.04. The van der Waals surface area contributed by atoms with E-state index in [1.807, 2.05) is 89.5 Å². The van der Waals surface area contributed by atoms with Crippen LogP contribution in [0.3, 0.4) is 0 Å². The Morgan fingerprint density at radius 1 is 0.343 bits per heavy atom. The van der Waals surface area contributed by atoms with Crippen LogP contribution in [0.4, 0.5) is 26.3 Å². The summed E-state index contributed by atoms with van der Waals surface area (Å²) in [5.41, 5.74) is 9.38. The Balaban J connectivity index is 1.31. The maximum atomic E-state index is 14.3. The zero-order chi connectivity index (χ0) is 46.8. The highest BCUT2D eigenvalue weighted by Gasteiger charge is 2.37. The van der Waals surface area contributed by atoms with Crippen molar-refractivity contribution in [2.45, 2.75) is 40.0 Å². The van der Waals surface area contributed by atoms with E-state index in [1.165, 1.54) is 6.07 Å². The topological polar surface area (TPSA) is 43.6 Å². The largest absolute Gasteiger partial charge is 0.416 e. The molecule has 0 aliphatic carbocycles. The number of benzene rings is 8. The molecule has 8 aromatic carbocycles. The Kier molecular flexibility index (Phi) is 10.6. The lowest BCUT2D eigenvalue weighted by Gasteiger charge is -2.18. The van der Waals surface area contributed by atoms with Gasteiger partial charge in [-0.2, -0.15) is 26.3 Å². The Bertz CT molecular complexity index is 3300. The molecule has 0 atom stereocenters. The highest BCUT2D eigenvalue weighted by atomic mass is 19.4. The van der Waals surface area contributed by atoms with Gasteiger partial charge < -0.3 is 4.57 Å². The Hall–Kier alpha value is -7.85. The van der Waals surface area contributed by atoms with Crippen LogP contribution in [-0.2, 0) is 12.4 Å². The molecule has 2 aromatic heterocycles. The second-order valence-electron chi connectivity index (χ2n) is 17.1. The number of aromatic nitrogens is 4. The molecular weight excluding hydrogens is 855 g/mol. The summed E-state index contributed by atoms with van der Waals surface area (Å²) in [7, 11) is 0. The molecule has 0 saturated heterocycles. The Labute approximate surface area is 382 Å². The molecular formula is C57H40F6N4. The van der Waals surface area contributed by atoms with Crippen LogP contribution in [0.25, 0.3) is 95.0 Å². The Morgan fingerprint density at radius 2 is 0.731 bits per heavy atom. The fourth-order valence-corrected chi connectivity index (χ4v) is 9.06. The van der Waals surface area contributed by atoms with Crippen molar-refractivity contribution < 1.29 is 26.3 Å². The molecule has 0 amide bonds. The van der Waals surface area contributed by atoms with Gasteiger partial charge >= 0.3 is 12.4 Å². The smallest absolute Gasteiger partial charge is 0.308 e. The van der Waals surface area contributed by atoms with Gasteiger partial charge in [0.25, 0.3) is 0 Å². The SMILES string of the molecule is Cc1cc(C)cc(-c2ccc3c(c2)c2cc(-c4cc(C)cc(C)c4)ccc2n3-c2cc(-c3cc(C(F)(F)F)cc(C(F)(F)F)c3)ccc2-c2nc(-c3ccccc3)nc(-c3ccccc3)n2)c1. The summed E-state index contributed by atoms with van der Waals surface area (Å²) >= 11 is 0. The summed E-state index contributed by atoms with van der Waals surface area (Å²) in [4.78, 5) is 14.9. The highest BCUT2D eigenvalue weighted by molar-refractivity contribution is 6.12. The van der Waals surface area contributed by atoms with Gasteiger partial charge in [-0.25, -0.2) is 15.0 Å². The summed E-state index contributed by atoms with van der Waals surface area (Å²) in [5, 5.41) is 1.77. The number of halogens is 6. The molecule has 10 aromatic rings. The quantitative estimate of drug-likeness (QED) is 0.150. The van der Waals surface area contributed by atoms with Crippen LogP contribution in [0, 0.1) is 27.7 Å².